The molecule has 0 spiro atoms. The molecule has 0 atom stereocenters. The maximum atomic E-state index is 12.3. The Morgan fingerprint density at radius 1 is 1.38 bits per heavy atom. The number of nitrogens with zero attached hydrogens (tertiary/aromatic N) is 3. The van der Waals surface area contributed by atoms with Crippen molar-refractivity contribution >= 4 is 5.91 Å². The first-order valence-corrected chi connectivity index (χ1v) is 7.63. The molecule has 1 aliphatic rings. The Morgan fingerprint density at radius 2 is 2.05 bits per heavy atom. The van der Waals surface area contributed by atoms with Gasteiger partial charge in [-0.2, -0.15) is 5.26 Å². The van der Waals surface area contributed by atoms with E-state index in [-0.39, 0.29) is 11.5 Å². The average molecular weight is 293 g/mol. The zero-order valence-electron chi connectivity index (χ0n) is 13.1. The van der Waals surface area contributed by atoms with E-state index < -0.39 is 0 Å². The van der Waals surface area contributed by atoms with Crippen LogP contribution in [0.1, 0.15) is 20.3 Å². The highest BCUT2D eigenvalue weighted by Crippen LogP contribution is 2.06. The highest BCUT2D eigenvalue weighted by Gasteiger charge is 2.23. The highest BCUT2D eigenvalue weighted by atomic mass is 16.2. The summed E-state index contributed by atoms with van der Waals surface area (Å²) in [5.74, 6) is 0.421. The monoisotopic (exact) mass is 293 g/mol. The molecule has 1 heterocycles. The Kier molecular flexibility index (Phi) is 7.80. The van der Waals surface area contributed by atoms with Gasteiger partial charge in [-0.1, -0.05) is 13.8 Å². The Balaban J connectivity index is 2.45. The van der Waals surface area contributed by atoms with E-state index in [0.717, 1.165) is 32.6 Å². The van der Waals surface area contributed by atoms with Crippen molar-refractivity contribution in [1.82, 2.24) is 15.1 Å². The van der Waals surface area contributed by atoms with Crippen LogP contribution in [0.2, 0.25) is 0 Å². The Hall–Kier alpha value is -1.58. The highest BCUT2D eigenvalue weighted by molar-refractivity contribution is 5.97. The lowest BCUT2D eigenvalue weighted by molar-refractivity contribution is -0.128. The lowest BCUT2D eigenvalue weighted by Crippen LogP contribution is -2.50. The summed E-state index contributed by atoms with van der Waals surface area (Å²) in [6.45, 7) is 9.51. The first-order valence-electron chi connectivity index (χ1n) is 7.63. The molecule has 0 radical (unpaired) electrons. The van der Waals surface area contributed by atoms with E-state index in [2.05, 4.69) is 24.1 Å². The molecule has 0 aromatic carbocycles. The zero-order valence-corrected chi connectivity index (χ0v) is 13.1. The third-order valence-electron chi connectivity index (χ3n) is 3.57. The summed E-state index contributed by atoms with van der Waals surface area (Å²) in [4.78, 5) is 16.3. The summed E-state index contributed by atoms with van der Waals surface area (Å²) >= 11 is 0. The normalized spacial score (nSPS) is 16.9. The lowest BCUT2D eigenvalue weighted by atomic mass is 10.1. The maximum Gasteiger partial charge on any atom is 0.266 e. The number of carbonyl (C=O) groups is 1. The predicted octanol–water partition coefficient (Wildman–Crippen LogP) is 0.132. The van der Waals surface area contributed by atoms with Crippen molar-refractivity contribution in [1.29, 1.82) is 5.26 Å². The second kappa shape index (κ2) is 9.37. The van der Waals surface area contributed by atoms with Gasteiger partial charge in [-0.15, -0.1) is 0 Å². The minimum atomic E-state index is -0.179. The smallest absolute Gasteiger partial charge is 0.266 e. The molecule has 21 heavy (non-hydrogen) atoms. The van der Waals surface area contributed by atoms with Crippen molar-refractivity contribution in [2.45, 2.75) is 20.3 Å². The van der Waals surface area contributed by atoms with Crippen molar-refractivity contribution in [3.05, 3.63) is 11.8 Å². The number of nitriles is 1. The van der Waals surface area contributed by atoms with Gasteiger partial charge in [0.2, 0.25) is 0 Å². The first-order chi connectivity index (χ1) is 10.1. The van der Waals surface area contributed by atoms with Crippen LogP contribution in [0.5, 0.6) is 0 Å². The molecule has 0 unspecified atom stereocenters. The molecule has 118 valence electrons. The third kappa shape index (κ3) is 6.15. The van der Waals surface area contributed by atoms with Crippen LogP contribution in [0.4, 0.5) is 0 Å². The van der Waals surface area contributed by atoms with Gasteiger partial charge in [-0.25, -0.2) is 0 Å². The molecule has 1 aliphatic heterocycles. The van der Waals surface area contributed by atoms with Crippen LogP contribution in [-0.4, -0.2) is 61.5 Å². The van der Waals surface area contributed by atoms with Crippen LogP contribution < -0.4 is 11.1 Å². The van der Waals surface area contributed by atoms with Gasteiger partial charge in [0, 0.05) is 52.0 Å². The number of nitrogens with one attached hydrogen (secondary N) is 1. The van der Waals surface area contributed by atoms with E-state index in [1.165, 1.54) is 0 Å². The van der Waals surface area contributed by atoms with Crippen molar-refractivity contribution in [2.24, 2.45) is 11.7 Å². The predicted molar refractivity (Wildman–Crippen MR) is 83.2 cm³/mol. The van der Waals surface area contributed by atoms with Gasteiger partial charge in [0.15, 0.2) is 0 Å². The van der Waals surface area contributed by atoms with Crippen LogP contribution in [0.25, 0.3) is 0 Å². The van der Waals surface area contributed by atoms with Crippen LogP contribution in [-0.2, 0) is 4.79 Å². The van der Waals surface area contributed by atoms with Gasteiger partial charge in [-0.05, 0) is 12.3 Å². The molecule has 0 saturated carbocycles. The number of hydrogen-bond donors (Lipinski definition) is 2. The SMILES string of the molecule is CC(C)CCN/C=C(/C#N)C(=O)N1CCN(CCN)CC1. The van der Waals surface area contributed by atoms with Gasteiger partial charge >= 0.3 is 0 Å². The van der Waals surface area contributed by atoms with Gasteiger partial charge < -0.3 is 16.0 Å². The molecule has 0 bridgehead atoms. The summed E-state index contributed by atoms with van der Waals surface area (Å²) in [7, 11) is 0. The fraction of sp³-hybridized carbons (Fsp3) is 0.733. The largest absolute Gasteiger partial charge is 0.390 e. The van der Waals surface area contributed by atoms with Crippen LogP contribution in [0.15, 0.2) is 11.8 Å². The van der Waals surface area contributed by atoms with E-state index >= 15 is 0 Å². The lowest BCUT2D eigenvalue weighted by Gasteiger charge is -2.34. The molecule has 1 saturated heterocycles. The molecule has 3 N–H and O–H groups in total. The van der Waals surface area contributed by atoms with Crippen molar-refractivity contribution < 1.29 is 4.79 Å². The quantitative estimate of drug-likeness (QED) is 0.396. The van der Waals surface area contributed by atoms with Crippen molar-refractivity contribution in [3.8, 4) is 6.07 Å². The number of piperazine rings is 1. The molecule has 0 aliphatic carbocycles. The van der Waals surface area contributed by atoms with Crippen molar-refractivity contribution in [2.75, 3.05) is 45.8 Å². The summed E-state index contributed by atoms with van der Waals surface area (Å²) in [6, 6.07) is 2.00. The fourth-order valence-corrected chi connectivity index (χ4v) is 2.22. The van der Waals surface area contributed by atoms with Gasteiger partial charge in [-0.3, -0.25) is 9.69 Å². The number of nitrogens with two attached hydrogens (primary N) is 1. The zero-order chi connectivity index (χ0) is 15.7. The minimum Gasteiger partial charge on any atom is -0.390 e. The minimum absolute atomic E-state index is 0.179. The van der Waals surface area contributed by atoms with Crippen LogP contribution in [0.3, 0.4) is 0 Å². The summed E-state index contributed by atoms with van der Waals surface area (Å²) in [5, 5.41) is 12.2. The Bertz CT molecular complexity index is 391. The molecule has 6 heteroatoms. The summed E-state index contributed by atoms with van der Waals surface area (Å²) in [5.41, 5.74) is 5.72. The number of rotatable bonds is 7. The molecular formula is C15H27N5O. The van der Waals surface area contributed by atoms with Gasteiger partial charge in [0.05, 0.1) is 0 Å². The number of amides is 1. The first kappa shape index (κ1) is 17.5. The molecular weight excluding hydrogens is 266 g/mol. The molecule has 1 fully saturated rings. The Morgan fingerprint density at radius 3 is 2.57 bits per heavy atom. The summed E-state index contributed by atoms with van der Waals surface area (Å²) < 4.78 is 0. The van der Waals surface area contributed by atoms with Gasteiger partial charge in [0.25, 0.3) is 5.91 Å². The molecule has 0 aromatic rings. The second-order valence-corrected chi connectivity index (χ2v) is 5.73. The number of carbonyl (C=O) groups excluding carboxylic acids is 1. The maximum absolute atomic E-state index is 12.3. The van der Waals surface area contributed by atoms with E-state index in [1.807, 2.05) is 6.07 Å². The Labute approximate surface area is 127 Å². The summed E-state index contributed by atoms with van der Waals surface area (Å²) in [6.07, 6.45) is 2.57. The standard InChI is InChI=1S/C15H27N5O/c1-13(2)3-5-18-12-14(11-17)15(21)20-9-7-19(6-4-16)8-10-20/h12-13,18H,3-10,16H2,1-2H3/b14-12-. The topological polar surface area (TPSA) is 85.4 Å². The van der Waals surface area contributed by atoms with Gasteiger partial charge in [0.1, 0.15) is 11.6 Å². The van der Waals surface area contributed by atoms with E-state index in [0.29, 0.717) is 25.6 Å². The fourth-order valence-electron chi connectivity index (χ4n) is 2.22. The molecule has 6 nitrogen and oxygen atoms in total. The third-order valence-corrected chi connectivity index (χ3v) is 3.57. The molecule has 0 aromatic heterocycles. The van der Waals surface area contributed by atoms with E-state index in [1.54, 1.807) is 11.1 Å². The second-order valence-electron chi connectivity index (χ2n) is 5.73. The van der Waals surface area contributed by atoms with E-state index in [9.17, 15) is 4.79 Å². The van der Waals surface area contributed by atoms with Crippen molar-refractivity contribution in [3.63, 3.8) is 0 Å². The van der Waals surface area contributed by atoms with Crippen LogP contribution in [0, 0.1) is 17.2 Å². The molecule has 1 rings (SSSR count). The average Bonchev–Trinajstić information content (AvgIpc) is 2.47. The van der Waals surface area contributed by atoms with Crippen LogP contribution >= 0.6 is 0 Å². The number of hydrogen-bond acceptors (Lipinski definition) is 5. The van der Waals surface area contributed by atoms with E-state index in [4.69, 9.17) is 11.0 Å². The molecule has 1 amide bonds.